The lowest BCUT2D eigenvalue weighted by Crippen LogP contribution is -2.43. The smallest absolute Gasteiger partial charge is 0.257 e. The molecule has 1 atom stereocenters. The van der Waals surface area contributed by atoms with E-state index in [1.807, 2.05) is 13.0 Å². The van der Waals surface area contributed by atoms with Crippen LogP contribution in [0, 0.1) is 5.92 Å². The van der Waals surface area contributed by atoms with Crippen molar-refractivity contribution in [3.63, 3.8) is 0 Å². The topological polar surface area (TPSA) is 57.4 Å². The monoisotopic (exact) mass is 316 g/mol. The van der Waals surface area contributed by atoms with E-state index in [0.29, 0.717) is 24.2 Å². The molecule has 2 N–H and O–H groups in total. The molecule has 102 valence electrons. The first-order chi connectivity index (χ1) is 8.34. The molecule has 0 radical (unpaired) electrons. The van der Waals surface area contributed by atoms with Crippen molar-refractivity contribution in [1.29, 1.82) is 0 Å². The Balaban J connectivity index is 2.68. The molecule has 1 aromatic rings. The van der Waals surface area contributed by atoms with Crippen LogP contribution in [0.2, 0.25) is 0 Å². The van der Waals surface area contributed by atoms with Gasteiger partial charge in [0.05, 0.1) is 7.11 Å². The van der Waals surface area contributed by atoms with Crippen LogP contribution >= 0.6 is 15.9 Å². The summed E-state index contributed by atoms with van der Waals surface area (Å²) in [6.45, 7) is 6.68. The molecule has 1 heterocycles. The Bertz CT molecular complexity index is 395. The van der Waals surface area contributed by atoms with E-state index in [1.54, 1.807) is 13.3 Å². The van der Waals surface area contributed by atoms with Crippen LogP contribution in [0.25, 0.3) is 0 Å². The summed E-state index contributed by atoms with van der Waals surface area (Å²) in [5, 5.41) is 0. The highest BCUT2D eigenvalue weighted by Crippen LogP contribution is 2.28. The third-order valence-corrected chi connectivity index (χ3v) is 2.85. The summed E-state index contributed by atoms with van der Waals surface area (Å²) in [4.78, 5) is 4.18. The van der Waals surface area contributed by atoms with E-state index in [4.69, 9.17) is 15.2 Å². The predicted octanol–water partition coefficient (Wildman–Crippen LogP) is 3.00. The van der Waals surface area contributed by atoms with Crippen molar-refractivity contribution in [2.45, 2.75) is 32.7 Å². The summed E-state index contributed by atoms with van der Waals surface area (Å²) < 4.78 is 11.7. The molecule has 0 unspecified atom stereocenters. The maximum Gasteiger partial charge on any atom is 0.257 e. The fourth-order valence-corrected chi connectivity index (χ4v) is 2.20. The maximum absolute atomic E-state index is 6.18. The number of nitrogens with zero attached hydrogens (tertiary/aromatic N) is 1. The van der Waals surface area contributed by atoms with Gasteiger partial charge < -0.3 is 15.2 Å². The van der Waals surface area contributed by atoms with Crippen molar-refractivity contribution in [1.82, 2.24) is 4.98 Å². The van der Waals surface area contributed by atoms with Crippen LogP contribution in [0.3, 0.4) is 0 Å². The van der Waals surface area contributed by atoms with E-state index in [0.717, 1.165) is 10.9 Å². The Labute approximate surface area is 117 Å². The Kier molecular flexibility index (Phi) is 5.41. The maximum atomic E-state index is 6.18. The van der Waals surface area contributed by atoms with Gasteiger partial charge in [-0.2, -0.15) is 0 Å². The summed E-state index contributed by atoms with van der Waals surface area (Å²) in [6.07, 6.45) is 2.57. The van der Waals surface area contributed by atoms with Crippen LogP contribution in [-0.4, -0.2) is 24.2 Å². The number of pyridine rings is 1. The molecular formula is C13H21BrN2O2. The minimum Gasteiger partial charge on any atom is -0.491 e. The van der Waals surface area contributed by atoms with Crippen molar-refractivity contribution in [3.05, 3.63) is 16.7 Å². The quantitative estimate of drug-likeness (QED) is 0.876. The van der Waals surface area contributed by atoms with E-state index < -0.39 is 0 Å². The molecule has 0 aliphatic carbocycles. The zero-order valence-electron chi connectivity index (χ0n) is 11.4. The first-order valence-electron chi connectivity index (χ1n) is 5.95. The second-order valence-electron chi connectivity index (χ2n) is 5.20. The molecule has 0 aromatic carbocycles. The molecule has 18 heavy (non-hydrogen) atoms. The normalized spacial score (nSPS) is 14.4. The van der Waals surface area contributed by atoms with Crippen LogP contribution in [0.15, 0.2) is 16.7 Å². The Hall–Kier alpha value is -0.810. The molecule has 0 aliphatic rings. The van der Waals surface area contributed by atoms with Crippen molar-refractivity contribution in [2.75, 3.05) is 13.7 Å². The molecule has 4 nitrogen and oxygen atoms in total. The first kappa shape index (κ1) is 15.2. The Morgan fingerprint density at radius 2 is 2.17 bits per heavy atom. The van der Waals surface area contributed by atoms with E-state index >= 15 is 0 Å². The average molecular weight is 317 g/mol. The molecule has 5 heteroatoms. The van der Waals surface area contributed by atoms with Gasteiger partial charge in [-0.3, -0.25) is 0 Å². The predicted molar refractivity (Wildman–Crippen MR) is 76.0 cm³/mol. The largest absolute Gasteiger partial charge is 0.491 e. The van der Waals surface area contributed by atoms with Gasteiger partial charge in [0.1, 0.15) is 6.61 Å². The van der Waals surface area contributed by atoms with Crippen molar-refractivity contribution < 1.29 is 9.47 Å². The molecule has 0 spiro atoms. The van der Waals surface area contributed by atoms with Gasteiger partial charge in [0.25, 0.3) is 5.88 Å². The highest BCUT2D eigenvalue weighted by Gasteiger charge is 2.22. The summed E-state index contributed by atoms with van der Waals surface area (Å²) >= 11 is 3.34. The molecule has 0 saturated carbocycles. The Morgan fingerprint density at radius 3 is 2.72 bits per heavy atom. The van der Waals surface area contributed by atoms with Gasteiger partial charge in [0, 0.05) is 22.3 Å². The second-order valence-corrected chi connectivity index (χ2v) is 6.12. The fraction of sp³-hybridized carbons (Fsp3) is 0.615. The van der Waals surface area contributed by atoms with Gasteiger partial charge in [-0.25, -0.2) is 4.98 Å². The standard InChI is InChI=1S/C13H21BrN2O2/c1-9(2)6-13(3,15)8-18-12-11(17-4)5-10(14)7-16-12/h5,7,9H,6,8,15H2,1-4H3/t13-/m0/s1. The second kappa shape index (κ2) is 6.38. The molecule has 1 aromatic heterocycles. The van der Waals surface area contributed by atoms with Crippen molar-refractivity contribution in [2.24, 2.45) is 11.7 Å². The number of rotatable bonds is 6. The van der Waals surface area contributed by atoms with Gasteiger partial charge in [-0.05, 0) is 35.2 Å². The van der Waals surface area contributed by atoms with Crippen LogP contribution in [0.1, 0.15) is 27.2 Å². The summed E-state index contributed by atoms with van der Waals surface area (Å²) in [6, 6.07) is 1.82. The molecular weight excluding hydrogens is 296 g/mol. The van der Waals surface area contributed by atoms with E-state index in [1.165, 1.54) is 0 Å². The SMILES string of the molecule is COc1cc(Br)cnc1OC[C@@](C)(N)CC(C)C. The fourth-order valence-electron chi connectivity index (χ4n) is 1.89. The van der Waals surface area contributed by atoms with Gasteiger partial charge in [-0.15, -0.1) is 0 Å². The lowest BCUT2D eigenvalue weighted by molar-refractivity contribution is 0.193. The average Bonchev–Trinajstić information content (AvgIpc) is 2.25. The van der Waals surface area contributed by atoms with E-state index in [-0.39, 0.29) is 5.54 Å². The Morgan fingerprint density at radius 1 is 1.50 bits per heavy atom. The van der Waals surface area contributed by atoms with Gasteiger partial charge in [-0.1, -0.05) is 13.8 Å². The molecule has 0 saturated heterocycles. The van der Waals surface area contributed by atoms with Crippen LogP contribution in [0.4, 0.5) is 0 Å². The van der Waals surface area contributed by atoms with E-state index in [9.17, 15) is 0 Å². The molecule has 1 rings (SSSR count). The van der Waals surface area contributed by atoms with Gasteiger partial charge in [0.15, 0.2) is 5.75 Å². The van der Waals surface area contributed by atoms with Gasteiger partial charge >= 0.3 is 0 Å². The summed E-state index contributed by atoms with van der Waals surface area (Å²) in [7, 11) is 1.59. The van der Waals surface area contributed by atoms with E-state index in [2.05, 4.69) is 34.8 Å². The number of aromatic nitrogens is 1. The molecule has 0 bridgehead atoms. The van der Waals surface area contributed by atoms with Crippen LogP contribution in [0.5, 0.6) is 11.6 Å². The summed E-state index contributed by atoms with van der Waals surface area (Å²) in [5.41, 5.74) is 5.82. The molecule has 0 aliphatic heterocycles. The summed E-state index contributed by atoms with van der Waals surface area (Å²) in [5.74, 6) is 1.61. The molecule has 0 amide bonds. The third-order valence-electron chi connectivity index (χ3n) is 2.42. The van der Waals surface area contributed by atoms with Gasteiger partial charge in [0.2, 0.25) is 0 Å². The van der Waals surface area contributed by atoms with Crippen LogP contribution in [-0.2, 0) is 0 Å². The minimum absolute atomic E-state index is 0.367. The van der Waals surface area contributed by atoms with Crippen LogP contribution < -0.4 is 15.2 Å². The van der Waals surface area contributed by atoms with Crippen molar-refractivity contribution in [3.8, 4) is 11.6 Å². The minimum atomic E-state index is -0.367. The molecule has 0 fully saturated rings. The lowest BCUT2D eigenvalue weighted by atomic mass is 9.93. The first-order valence-corrected chi connectivity index (χ1v) is 6.74. The van der Waals surface area contributed by atoms with Crippen molar-refractivity contribution >= 4 is 15.9 Å². The number of halogens is 1. The number of methoxy groups -OCH3 is 1. The number of ether oxygens (including phenoxy) is 2. The lowest BCUT2D eigenvalue weighted by Gasteiger charge is -2.26. The highest BCUT2D eigenvalue weighted by atomic mass is 79.9. The number of hydrogen-bond donors (Lipinski definition) is 1. The number of nitrogens with two attached hydrogens (primary N) is 1. The third kappa shape index (κ3) is 4.82. The number of hydrogen-bond acceptors (Lipinski definition) is 4. The zero-order valence-corrected chi connectivity index (χ0v) is 13.0. The zero-order chi connectivity index (χ0) is 13.8. The highest BCUT2D eigenvalue weighted by molar-refractivity contribution is 9.10.